The van der Waals surface area contributed by atoms with Gasteiger partial charge in [0.05, 0.1) is 12.7 Å². The third kappa shape index (κ3) is 3.60. The van der Waals surface area contributed by atoms with Gasteiger partial charge < -0.3 is 10.5 Å². The van der Waals surface area contributed by atoms with Gasteiger partial charge in [-0.2, -0.15) is 0 Å². The summed E-state index contributed by atoms with van der Waals surface area (Å²) in [7, 11) is 0. The monoisotopic (exact) mass is 274 g/mol. The summed E-state index contributed by atoms with van der Waals surface area (Å²) in [6.07, 6.45) is 6.79. The number of ether oxygens (including phenoxy) is 1. The van der Waals surface area contributed by atoms with Crippen LogP contribution in [0.25, 0.3) is 0 Å². The van der Waals surface area contributed by atoms with E-state index < -0.39 is 0 Å². The fourth-order valence-corrected chi connectivity index (χ4v) is 3.08. The number of hydrogen-bond acceptors (Lipinski definition) is 2. The van der Waals surface area contributed by atoms with Crippen molar-refractivity contribution in [2.24, 2.45) is 11.7 Å². The van der Waals surface area contributed by atoms with Crippen molar-refractivity contribution in [1.29, 1.82) is 5.41 Å². The molecule has 3 nitrogen and oxygen atoms in total. The normalized spacial score (nSPS) is 22.7. The summed E-state index contributed by atoms with van der Waals surface area (Å²) in [4.78, 5) is 0. The predicted molar refractivity (Wildman–Crippen MR) is 83.0 cm³/mol. The van der Waals surface area contributed by atoms with E-state index >= 15 is 0 Å². The van der Waals surface area contributed by atoms with E-state index in [9.17, 15) is 0 Å². The molecule has 0 heterocycles. The molecule has 0 amide bonds. The standard InChI is InChI=1S/C17H26N2O/c1-3-13-6-4-5-7-16(13)20-11-15-9-8-14(17(18)19)10-12(15)2/h8-10,13,16H,3-7,11H2,1-2H3,(H3,18,19). The second-order valence-corrected chi connectivity index (χ2v) is 5.86. The third-order valence-corrected chi connectivity index (χ3v) is 4.47. The maximum Gasteiger partial charge on any atom is 0.122 e. The van der Waals surface area contributed by atoms with Crippen molar-refractivity contribution in [3.63, 3.8) is 0 Å². The summed E-state index contributed by atoms with van der Waals surface area (Å²) in [5, 5.41) is 7.46. The Morgan fingerprint density at radius 3 is 2.75 bits per heavy atom. The molecule has 0 radical (unpaired) electrons. The van der Waals surface area contributed by atoms with Gasteiger partial charge in [-0.05, 0) is 42.9 Å². The molecule has 0 aliphatic heterocycles. The Balaban J connectivity index is 1.98. The zero-order chi connectivity index (χ0) is 14.5. The lowest BCUT2D eigenvalue weighted by molar-refractivity contribution is -0.0223. The van der Waals surface area contributed by atoms with Crippen LogP contribution in [-0.2, 0) is 11.3 Å². The molecular formula is C17H26N2O. The zero-order valence-corrected chi connectivity index (χ0v) is 12.6. The van der Waals surface area contributed by atoms with Crippen LogP contribution in [0.5, 0.6) is 0 Å². The first-order valence-electron chi connectivity index (χ1n) is 7.67. The highest BCUT2D eigenvalue weighted by atomic mass is 16.5. The Morgan fingerprint density at radius 2 is 2.10 bits per heavy atom. The van der Waals surface area contributed by atoms with Crippen molar-refractivity contribution in [2.45, 2.75) is 58.7 Å². The maximum absolute atomic E-state index is 7.46. The zero-order valence-electron chi connectivity index (χ0n) is 12.6. The molecule has 1 aliphatic rings. The smallest absolute Gasteiger partial charge is 0.122 e. The van der Waals surface area contributed by atoms with Crippen LogP contribution < -0.4 is 5.73 Å². The molecule has 20 heavy (non-hydrogen) atoms. The average Bonchev–Trinajstić information content (AvgIpc) is 2.46. The molecule has 1 fully saturated rings. The van der Waals surface area contributed by atoms with Crippen LogP contribution in [0.2, 0.25) is 0 Å². The van der Waals surface area contributed by atoms with Crippen molar-refractivity contribution in [3.8, 4) is 0 Å². The summed E-state index contributed by atoms with van der Waals surface area (Å²) in [6, 6.07) is 5.92. The van der Waals surface area contributed by atoms with Crippen molar-refractivity contribution < 1.29 is 4.74 Å². The minimum Gasteiger partial charge on any atom is -0.384 e. The lowest BCUT2D eigenvalue weighted by Crippen LogP contribution is -2.27. The van der Waals surface area contributed by atoms with Crippen LogP contribution >= 0.6 is 0 Å². The number of amidine groups is 1. The molecule has 1 aliphatic carbocycles. The second-order valence-electron chi connectivity index (χ2n) is 5.86. The van der Waals surface area contributed by atoms with Crippen LogP contribution in [0.15, 0.2) is 18.2 Å². The molecule has 1 aromatic rings. The van der Waals surface area contributed by atoms with Gasteiger partial charge in [-0.25, -0.2) is 0 Å². The van der Waals surface area contributed by atoms with E-state index in [1.807, 2.05) is 18.2 Å². The quantitative estimate of drug-likeness (QED) is 0.634. The molecule has 0 spiro atoms. The highest BCUT2D eigenvalue weighted by Crippen LogP contribution is 2.30. The average molecular weight is 274 g/mol. The van der Waals surface area contributed by atoms with Crippen molar-refractivity contribution in [3.05, 3.63) is 34.9 Å². The molecule has 1 aromatic carbocycles. The van der Waals surface area contributed by atoms with Crippen LogP contribution in [0.3, 0.4) is 0 Å². The maximum atomic E-state index is 7.46. The van der Waals surface area contributed by atoms with Gasteiger partial charge in [0.15, 0.2) is 0 Å². The lowest BCUT2D eigenvalue weighted by Gasteiger charge is -2.31. The third-order valence-electron chi connectivity index (χ3n) is 4.47. The van der Waals surface area contributed by atoms with Crippen molar-refractivity contribution in [2.75, 3.05) is 0 Å². The minimum atomic E-state index is 0.124. The Bertz CT molecular complexity index is 470. The largest absolute Gasteiger partial charge is 0.384 e. The molecule has 0 saturated heterocycles. The molecule has 2 unspecified atom stereocenters. The molecule has 0 bridgehead atoms. The highest BCUT2D eigenvalue weighted by Gasteiger charge is 2.24. The first-order chi connectivity index (χ1) is 9.61. The fourth-order valence-electron chi connectivity index (χ4n) is 3.08. The van der Waals surface area contributed by atoms with E-state index in [0.29, 0.717) is 12.7 Å². The first kappa shape index (κ1) is 15.0. The number of nitrogens with one attached hydrogen (secondary N) is 1. The van der Waals surface area contributed by atoms with E-state index in [1.165, 1.54) is 37.7 Å². The highest BCUT2D eigenvalue weighted by molar-refractivity contribution is 5.95. The van der Waals surface area contributed by atoms with E-state index in [4.69, 9.17) is 15.9 Å². The Hall–Kier alpha value is -1.35. The number of aryl methyl sites for hydroxylation is 1. The van der Waals surface area contributed by atoms with Crippen LogP contribution in [0.4, 0.5) is 0 Å². The summed E-state index contributed by atoms with van der Waals surface area (Å²) in [6.45, 7) is 4.99. The second kappa shape index (κ2) is 6.89. The van der Waals surface area contributed by atoms with Crippen LogP contribution in [-0.4, -0.2) is 11.9 Å². The Kier molecular flexibility index (Phi) is 5.18. The molecule has 110 valence electrons. The molecular weight excluding hydrogens is 248 g/mol. The predicted octanol–water partition coefficient (Wildman–Crippen LogP) is 3.76. The molecule has 3 N–H and O–H groups in total. The van der Waals surface area contributed by atoms with E-state index in [0.717, 1.165) is 17.0 Å². The number of nitrogen functional groups attached to an aromatic ring is 1. The number of rotatable bonds is 5. The van der Waals surface area contributed by atoms with Crippen molar-refractivity contribution in [1.82, 2.24) is 0 Å². The summed E-state index contributed by atoms with van der Waals surface area (Å²) < 4.78 is 6.17. The van der Waals surface area contributed by atoms with Crippen LogP contribution in [0, 0.1) is 18.3 Å². The van der Waals surface area contributed by atoms with Gasteiger partial charge in [0, 0.05) is 5.56 Å². The lowest BCUT2D eigenvalue weighted by atomic mass is 9.85. The summed E-state index contributed by atoms with van der Waals surface area (Å²) in [5.41, 5.74) is 8.66. The number of nitrogens with two attached hydrogens (primary N) is 1. The Labute approximate surface area is 122 Å². The number of benzene rings is 1. The van der Waals surface area contributed by atoms with Crippen LogP contribution in [0.1, 0.15) is 55.7 Å². The molecule has 1 saturated carbocycles. The summed E-state index contributed by atoms with van der Waals surface area (Å²) in [5.74, 6) is 0.847. The van der Waals surface area contributed by atoms with Gasteiger partial charge >= 0.3 is 0 Å². The van der Waals surface area contributed by atoms with Gasteiger partial charge in [-0.1, -0.05) is 38.3 Å². The molecule has 2 rings (SSSR count). The fraction of sp³-hybridized carbons (Fsp3) is 0.588. The Morgan fingerprint density at radius 1 is 1.35 bits per heavy atom. The van der Waals surface area contributed by atoms with E-state index in [-0.39, 0.29) is 5.84 Å². The van der Waals surface area contributed by atoms with Gasteiger partial charge in [0.2, 0.25) is 0 Å². The first-order valence-corrected chi connectivity index (χ1v) is 7.67. The minimum absolute atomic E-state index is 0.124. The van der Waals surface area contributed by atoms with E-state index in [1.54, 1.807) is 0 Å². The number of hydrogen-bond donors (Lipinski definition) is 2. The summed E-state index contributed by atoms with van der Waals surface area (Å²) >= 11 is 0. The topological polar surface area (TPSA) is 59.1 Å². The van der Waals surface area contributed by atoms with Crippen molar-refractivity contribution >= 4 is 5.84 Å². The van der Waals surface area contributed by atoms with Gasteiger partial charge in [-0.15, -0.1) is 0 Å². The SMILES string of the molecule is CCC1CCCCC1OCc1ccc(C(=N)N)cc1C. The van der Waals surface area contributed by atoms with Gasteiger partial charge in [-0.3, -0.25) is 5.41 Å². The van der Waals surface area contributed by atoms with E-state index in [2.05, 4.69) is 13.8 Å². The molecule has 3 heteroatoms. The van der Waals surface area contributed by atoms with Gasteiger partial charge in [0.1, 0.15) is 5.84 Å². The van der Waals surface area contributed by atoms with Gasteiger partial charge in [0.25, 0.3) is 0 Å². The molecule has 2 atom stereocenters. The molecule has 0 aromatic heterocycles.